The Bertz CT molecular complexity index is 323. The molecule has 0 spiro atoms. The monoisotopic (exact) mass is 230 g/mol. The van der Waals surface area contributed by atoms with Crippen molar-refractivity contribution in [2.75, 3.05) is 5.88 Å². The Morgan fingerprint density at radius 3 is 3.00 bits per heavy atom. The summed E-state index contributed by atoms with van der Waals surface area (Å²) in [6.45, 7) is 4.59. The van der Waals surface area contributed by atoms with Crippen LogP contribution in [0.5, 0.6) is 0 Å². The van der Waals surface area contributed by atoms with Crippen LogP contribution in [0.25, 0.3) is 0 Å². The SMILES string of the molecule is CC(C)Cc1cc(CNC(=O)CCl)no1. The van der Waals surface area contributed by atoms with Gasteiger partial charge >= 0.3 is 0 Å². The maximum atomic E-state index is 10.9. The Kier molecular flexibility index (Phi) is 4.62. The first-order chi connectivity index (χ1) is 7.11. The van der Waals surface area contributed by atoms with Crippen LogP contribution in [0, 0.1) is 5.92 Å². The summed E-state index contributed by atoms with van der Waals surface area (Å²) < 4.78 is 5.11. The Labute approximate surface area is 94.0 Å². The summed E-state index contributed by atoms with van der Waals surface area (Å²) >= 11 is 5.34. The molecular weight excluding hydrogens is 216 g/mol. The smallest absolute Gasteiger partial charge is 0.235 e. The van der Waals surface area contributed by atoms with Gasteiger partial charge in [0, 0.05) is 12.5 Å². The minimum atomic E-state index is -0.204. The van der Waals surface area contributed by atoms with Crippen LogP contribution in [0.1, 0.15) is 25.3 Å². The van der Waals surface area contributed by atoms with Gasteiger partial charge < -0.3 is 9.84 Å². The summed E-state index contributed by atoms with van der Waals surface area (Å²) in [5.41, 5.74) is 0.726. The molecule has 5 heteroatoms. The number of nitrogens with one attached hydrogen (secondary N) is 1. The molecule has 0 saturated carbocycles. The lowest BCUT2D eigenvalue weighted by Crippen LogP contribution is -2.23. The zero-order valence-electron chi connectivity index (χ0n) is 8.92. The van der Waals surface area contributed by atoms with Gasteiger partial charge in [-0.3, -0.25) is 4.79 Å². The van der Waals surface area contributed by atoms with Crippen molar-refractivity contribution < 1.29 is 9.32 Å². The second-order valence-corrected chi connectivity index (χ2v) is 4.06. The number of amides is 1. The van der Waals surface area contributed by atoms with Crippen LogP contribution >= 0.6 is 11.6 Å². The number of rotatable bonds is 5. The van der Waals surface area contributed by atoms with Crippen LogP contribution in [0.4, 0.5) is 0 Å². The Hall–Kier alpha value is -1.03. The Morgan fingerprint density at radius 1 is 1.67 bits per heavy atom. The summed E-state index contributed by atoms with van der Waals surface area (Å²) in [7, 11) is 0. The van der Waals surface area contributed by atoms with Crippen LogP contribution < -0.4 is 5.32 Å². The highest BCUT2D eigenvalue weighted by molar-refractivity contribution is 6.27. The predicted octanol–water partition coefficient (Wildman–Crippen LogP) is 1.73. The number of alkyl halides is 1. The standard InChI is InChI=1S/C10H15ClN2O2/c1-7(2)3-9-4-8(13-15-9)6-12-10(14)5-11/h4,7H,3,5-6H2,1-2H3,(H,12,14). The van der Waals surface area contributed by atoms with Crippen LogP contribution in [0.15, 0.2) is 10.6 Å². The zero-order valence-corrected chi connectivity index (χ0v) is 9.67. The van der Waals surface area contributed by atoms with Gasteiger partial charge in [-0.05, 0) is 5.92 Å². The average molecular weight is 231 g/mol. The van der Waals surface area contributed by atoms with Crippen LogP contribution in [-0.4, -0.2) is 16.9 Å². The molecule has 1 amide bonds. The van der Waals surface area contributed by atoms with E-state index in [9.17, 15) is 4.79 Å². The van der Waals surface area contributed by atoms with Crippen LogP contribution in [0.3, 0.4) is 0 Å². The zero-order chi connectivity index (χ0) is 11.3. The van der Waals surface area contributed by atoms with E-state index in [0.717, 1.165) is 17.9 Å². The second-order valence-electron chi connectivity index (χ2n) is 3.79. The minimum absolute atomic E-state index is 0.0310. The highest BCUT2D eigenvalue weighted by Crippen LogP contribution is 2.09. The summed E-state index contributed by atoms with van der Waals surface area (Å²) in [5, 5.41) is 6.46. The summed E-state index contributed by atoms with van der Waals surface area (Å²) in [5.74, 6) is 1.14. The van der Waals surface area contributed by atoms with E-state index >= 15 is 0 Å². The molecule has 0 unspecified atom stereocenters. The topological polar surface area (TPSA) is 55.1 Å². The molecular formula is C10H15ClN2O2. The van der Waals surface area contributed by atoms with E-state index in [4.69, 9.17) is 16.1 Å². The highest BCUT2D eigenvalue weighted by Gasteiger charge is 2.07. The third kappa shape index (κ3) is 4.34. The van der Waals surface area contributed by atoms with E-state index in [1.165, 1.54) is 0 Å². The van der Waals surface area contributed by atoms with Gasteiger partial charge in [0.05, 0.1) is 6.54 Å². The van der Waals surface area contributed by atoms with Crippen molar-refractivity contribution in [2.24, 2.45) is 5.92 Å². The quantitative estimate of drug-likeness (QED) is 0.784. The van der Waals surface area contributed by atoms with Crippen LogP contribution in [0.2, 0.25) is 0 Å². The molecule has 0 fully saturated rings. The van der Waals surface area contributed by atoms with Gasteiger partial charge in [-0.25, -0.2) is 0 Å². The van der Waals surface area contributed by atoms with Crippen molar-refractivity contribution in [2.45, 2.75) is 26.8 Å². The summed E-state index contributed by atoms with van der Waals surface area (Å²) in [6, 6.07) is 1.86. The predicted molar refractivity (Wildman–Crippen MR) is 57.6 cm³/mol. The summed E-state index contributed by atoms with van der Waals surface area (Å²) in [6.07, 6.45) is 0.858. The minimum Gasteiger partial charge on any atom is -0.361 e. The molecule has 0 aromatic carbocycles. The van der Waals surface area contributed by atoms with E-state index in [-0.39, 0.29) is 11.8 Å². The van der Waals surface area contributed by atoms with E-state index < -0.39 is 0 Å². The van der Waals surface area contributed by atoms with Crippen molar-refractivity contribution in [3.05, 3.63) is 17.5 Å². The number of carbonyl (C=O) groups excluding carboxylic acids is 1. The van der Waals surface area contributed by atoms with Gasteiger partial charge in [-0.1, -0.05) is 19.0 Å². The first-order valence-electron chi connectivity index (χ1n) is 4.89. The second kappa shape index (κ2) is 5.75. The van der Waals surface area contributed by atoms with Gasteiger partial charge in [-0.2, -0.15) is 0 Å². The summed E-state index contributed by atoms with van der Waals surface area (Å²) in [4.78, 5) is 10.9. The molecule has 0 bridgehead atoms. The van der Waals surface area contributed by atoms with Gasteiger partial charge in [0.15, 0.2) is 0 Å². The third-order valence-electron chi connectivity index (χ3n) is 1.81. The molecule has 0 aliphatic heterocycles. The average Bonchev–Trinajstić information content (AvgIpc) is 2.61. The molecule has 1 rings (SSSR count). The lowest BCUT2D eigenvalue weighted by atomic mass is 10.1. The molecule has 0 atom stereocenters. The van der Waals surface area contributed by atoms with Gasteiger partial charge in [0.1, 0.15) is 17.3 Å². The molecule has 1 aromatic heterocycles. The Morgan fingerprint density at radius 2 is 2.40 bits per heavy atom. The normalized spacial score (nSPS) is 10.7. The molecule has 15 heavy (non-hydrogen) atoms. The van der Waals surface area contributed by atoms with Crippen LogP contribution in [-0.2, 0) is 17.8 Å². The molecule has 0 aliphatic rings. The number of hydrogen-bond acceptors (Lipinski definition) is 3. The first-order valence-corrected chi connectivity index (χ1v) is 5.42. The molecule has 0 saturated heterocycles. The number of aromatic nitrogens is 1. The highest BCUT2D eigenvalue weighted by atomic mass is 35.5. The molecule has 84 valence electrons. The molecule has 4 nitrogen and oxygen atoms in total. The fraction of sp³-hybridized carbons (Fsp3) is 0.600. The Balaban J connectivity index is 2.42. The van der Waals surface area contributed by atoms with Crippen molar-refractivity contribution >= 4 is 17.5 Å². The van der Waals surface area contributed by atoms with Crippen molar-refractivity contribution in [1.29, 1.82) is 0 Å². The fourth-order valence-corrected chi connectivity index (χ4v) is 1.27. The van der Waals surface area contributed by atoms with E-state index in [0.29, 0.717) is 12.5 Å². The number of hydrogen-bond donors (Lipinski definition) is 1. The lowest BCUT2D eigenvalue weighted by molar-refractivity contribution is -0.118. The largest absolute Gasteiger partial charge is 0.361 e. The fourth-order valence-electron chi connectivity index (χ4n) is 1.17. The third-order valence-corrected chi connectivity index (χ3v) is 2.05. The number of carbonyl (C=O) groups is 1. The molecule has 0 radical (unpaired) electrons. The van der Waals surface area contributed by atoms with E-state index in [1.54, 1.807) is 0 Å². The van der Waals surface area contributed by atoms with E-state index in [2.05, 4.69) is 24.3 Å². The lowest BCUT2D eigenvalue weighted by Gasteiger charge is -1.98. The van der Waals surface area contributed by atoms with Crippen molar-refractivity contribution in [1.82, 2.24) is 10.5 Å². The molecule has 1 N–H and O–H groups in total. The maximum Gasteiger partial charge on any atom is 0.235 e. The van der Waals surface area contributed by atoms with Gasteiger partial charge in [0.2, 0.25) is 5.91 Å². The molecule has 0 aliphatic carbocycles. The van der Waals surface area contributed by atoms with Gasteiger partial charge in [0.25, 0.3) is 0 Å². The maximum absolute atomic E-state index is 10.9. The first kappa shape index (κ1) is 12.0. The van der Waals surface area contributed by atoms with Crippen molar-refractivity contribution in [3.8, 4) is 0 Å². The van der Waals surface area contributed by atoms with E-state index in [1.807, 2.05) is 6.07 Å². The van der Waals surface area contributed by atoms with Gasteiger partial charge in [-0.15, -0.1) is 11.6 Å². The molecule has 1 heterocycles. The number of halogens is 1. The van der Waals surface area contributed by atoms with Crippen molar-refractivity contribution in [3.63, 3.8) is 0 Å². The number of nitrogens with zero attached hydrogens (tertiary/aromatic N) is 1. The molecule has 1 aromatic rings.